The lowest BCUT2D eigenvalue weighted by molar-refractivity contribution is 0.241. The number of hydrogen-bond acceptors (Lipinski definition) is 4. The SMILES string of the molecule is CSc1nc2c(c(=O)[nH]1)CN(Cc1ccc(C)c(Cl)c1)CC2. The van der Waals surface area contributed by atoms with Gasteiger partial charge in [-0.25, -0.2) is 4.98 Å². The maximum Gasteiger partial charge on any atom is 0.256 e. The predicted molar refractivity (Wildman–Crippen MR) is 90.6 cm³/mol. The first-order chi connectivity index (χ1) is 10.6. The highest BCUT2D eigenvalue weighted by molar-refractivity contribution is 7.98. The van der Waals surface area contributed by atoms with Crippen molar-refractivity contribution in [3.63, 3.8) is 0 Å². The van der Waals surface area contributed by atoms with E-state index in [2.05, 4.69) is 20.9 Å². The Morgan fingerprint density at radius 1 is 1.45 bits per heavy atom. The van der Waals surface area contributed by atoms with Gasteiger partial charge in [0.1, 0.15) is 0 Å². The molecule has 2 aromatic rings. The van der Waals surface area contributed by atoms with Gasteiger partial charge in [0.15, 0.2) is 5.16 Å². The van der Waals surface area contributed by atoms with Gasteiger partial charge >= 0.3 is 0 Å². The van der Waals surface area contributed by atoms with Gasteiger partial charge in [0.25, 0.3) is 5.56 Å². The van der Waals surface area contributed by atoms with Crippen molar-refractivity contribution in [1.29, 1.82) is 0 Å². The van der Waals surface area contributed by atoms with Gasteiger partial charge in [0.2, 0.25) is 0 Å². The lowest BCUT2D eigenvalue weighted by atomic mass is 10.1. The second-order valence-electron chi connectivity index (χ2n) is 5.54. The first kappa shape index (κ1) is 15.6. The van der Waals surface area contributed by atoms with Crippen LogP contribution in [0.15, 0.2) is 28.2 Å². The minimum absolute atomic E-state index is 0.0130. The van der Waals surface area contributed by atoms with E-state index in [0.29, 0.717) is 11.7 Å². The molecular weight excluding hydrogens is 318 g/mol. The van der Waals surface area contributed by atoms with Crippen molar-refractivity contribution in [2.24, 2.45) is 0 Å². The summed E-state index contributed by atoms with van der Waals surface area (Å²) in [6, 6.07) is 6.14. The van der Waals surface area contributed by atoms with E-state index in [1.165, 1.54) is 17.3 Å². The molecule has 116 valence electrons. The summed E-state index contributed by atoms with van der Waals surface area (Å²) < 4.78 is 0. The Hall–Kier alpha value is -1.30. The van der Waals surface area contributed by atoms with Gasteiger partial charge in [-0.3, -0.25) is 9.69 Å². The highest BCUT2D eigenvalue weighted by Gasteiger charge is 2.21. The largest absolute Gasteiger partial charge is 0.301 e. The van der Waals surface area contributed by atoms with E-state index >= 15 is 0 Å². The average molecular weight is 336 g/mol. The Balaban J connectivity index is 1.79. The summed E-state index contributed by atoms with van der Waals surface area (Å²) in [5, 5.41) is 1.49. The molecule has 0 aliphatic carbocycles. The molecule has 0 saturated carbocycles. The lowest BCUT2D eigenvalue weighted by Crippen LogP contribution is -2.35. The number of benzene rings is 1. The molecule has 0 fully saturated rings. The van der Waals surface area contributed by atoms with Crippen molar-refractivity contribution in [3.8, 4) is 0 Å². The van der Waals surface area contributed by atoms with E-state index in [1.807, 2.05) is 25.3 Å². The lowest BCUT2D eigenvalue weighted by Gasteiger charge is -2.27. The number of thioether (sulfide) groups is 1. The minimum atomic E-state index is -0.0130. The van der Waals surface area contributed by atoms with Crippen LogP contribution in [0.2, 0.25) is 5.02 Å². The zero-order valence-corrected chi connectivity index (χ0v) is 14.2. The van der Waals surface area contributed by atoms with E-state index in [-0.39, 0.29) is 5.56 Å². The summed E-state index contributed by atoms with van der Waals surface area (Å²) in [4.78, 5) is 21.8. The summed E-state index contributed by atoms with van der Waals surface area (Å²) in [6.07, 6.45) is 2.73. The third-order valence-corrected chi connectivity index (χ3v) is 4.95. The van der Waals surface area contributed by atoms with Gasteiger partial charge in [0.05, 0.1) is 11.3 Å². The molecule has 1 aromatic heterocycles. The van der Waals surface area contributed by atoms with Crippen molar-refractivity contribution in [1.82, 2.24) is 14.9 Å². The molecule has 0 atom stereocenters. The number of aromatic nitrogens is 2. The van der Waals surface area contributed by atoms with Crippen molar-refractivity contribution in [2.45, 2.75) is 31.6 Å². The van der Waals surface area contributed by atoms with Crippen LogP contribution in [0.4, 0.5) is 0 Å². The second kappa shape index (κ2) is 6.44. The highest BCUT2D eigenvalue weighted by Crippen LogP contribution is 2.21. The number of aryl methyl sites for hydroxylation is 1. The van der Waals surface area contributed by atoms with E-state index in [4.69, 9.17) is 11.6 Å². The Bertz CT molecular complexity index is 760. The van der Waals surface area contributed by atoms with E-state index in [0.717, 1.165) is 41.4 Å². The number of hydrogen-bond donors (Lipinski definition) is 1. The molecule has 22 heavy (non-hydrogen) atoms. The smallest absolute Gasteiger partial charge is 0.256 e. The van der Waals surface area contributed by atoms with Crippen LogP contribution < -0.4 is 5.56 Å². The maximum absolute atomic E-state index is 12.2. The topological polar surface area (TPSA) is 49.0 Å². The molecule has 1 N–H and O–H groups in total. The third kappa shape index (κ3) is 3.21. The summed E-state index contributed by atoms with van der Waals surface area (Å²) in [5.74, 6) is 0. The van der Waals surface area contributed by atoms with Gasteiger partial charge in [-0.15, -0.1) is 0 Å². The standard InChI is InChI=1S/C16H18ClN3OS/c1-10-3-4-11(7-13(10)17)8-20-6-5-14-12(9-20)15(21)19-16(18-14)22-2/h3-4,7H,5-6,8-9H2,1-2H3,(H,18,19,21). The molecular formula is C16H18ClN3OS. The van der Waals surface area contributed by atoms with Gasteiger partial charge in [0, 0.05) is 31.1 Å². The molecule has 0 unspecified atom stereocenters. The second-order valence-corrected chi connectivity index (χ2v) is 6.75. The molecule has 6 heteroatoms. The Kier molecular flexibility index (Phi) is 4.57. The monoisotopic (exact) mass is 335 g/mol. The van der Waals surface area contributed by atoms with Crippen molar-refractivity contribution >= 4 is 23.4 Å². The molecule has 0 saturated heterocycles. The highest BCUT2D eigenvalue weighted by atomic mass is 35.5. The molecule has 0 bridgehead atoms. The molecule has 4 nitrogen and oxygen atoms in total. The van der Waals surface area contributed by atoms with Crippen LogP contribution in [-0.2, 0) is 19.5 Å². The number of nitrogens with one attached hydrogen (secondary N) is 1. The summed E-state index contributed by atoms with van der Waals surface area (Å²) in [6.45, 7) is 4.33. The summed E-state index contributed by atoms with van der Waals surface area (Å²) in [5.41, 5.74) is 3.97. The quantitative estimate of drug-likeness (QED) is 0.692. The van der Waals surface area contributed by atoms with Gasteiger partial charge in [-0.2, -0.15) is 0 Å². The minimum Gasteiger partial charge on any atom is -0.301 e. The fraction of sp³-hybridized carbons (Fsp3) is 0.375. The van der Waals surface area contributed by atoms with E-state index in [1.54, 1.807) is 0 Å². The molecule has 2 heterocycles. The Labute approximate surface area is 138 Å². The van der Waals surface area contributed by atoms with Crippen LogP contribution in [0, 0.1) is 6.92 Å². The van der Waals surface area contributed by atoms with E-state index < -0.39 is 0 Å². The Morgan fingerprint density at radius 2 is 2.27 bits per heavy atom. The maximum atomic E-state index is 12.2. The normalized spacial score (nSPS) is 14.9. The number of rotatable bonds is 3. The molecule has 3 rings (SSSR count). The van der Waals surface area contributed by atoms with Crippen molar-refractivity contribution in [3.05, 3.63) is 56.0 Å². The number of halogens is 1. The zero-order valence-electron chi connectivity index (χ0n) is 12.6. The van der Waals surface area contributed by atoms with Crippen LogP contribution >= 0.6 is 23.4 Å². The average Bonchev–Trinajstić information content (AvgIpc) is 2.51. The van der Waals surface area contributed by atoms with Crippen LogP contribution in [0.1, 0.15) is 22.4 Å². The molecule has 1 aliphatic heterocycles. The fourth-order valence-corrected chi connectivity index (χ4v) is 3.28. The number of aromatic amines is 1. The van der Waals surface area contributed by atoms with Gasteiger partial charge in [-0.1, -0.05) is 35.5 Å². The van der Waals surface area contributed by atoms with Crippen LogP contribution in [-0.4, -0.2) is 27.7 Å². The summed E-state index contributed by atoms with van der Waals surface area (Å²) in [7, 11) is 0. The third-order valence-electron chi connectivity index (χ3n) is 3.96. The number of nitrogens with zero attached hydrogens (tertiary/aromatic N) is 2. The van der Waals surface area contributed by atoms with Gasteiger partial charge < -0.3 is 4.98 Å². The molecule has 1 aromatic carbocycles. The van der Waals surface area contributed by atoms with E-state index in [9.17, 15) is 4.79 Å². The van der Waals surface area contributed by atoms with Crippen LogP contribution in [0.5, 0.6) is 0 Å². The van der Waals surface area contributed by atoms with Crippen molar-refractivity contribution in [2.75, 3.05) is 12.8 Å². The van der Waals surface area contributed by atoms with Crippen molar-refractivity contribution < 1.29 is 0 Å². The first-order valence-electron chi connectivity index (χ1n) is 7.20. The first-order valence-corrected chi connectivity index (χ1v) is 8.80. The Morgan fingerprint density at radius 3 is 3.00 bits per heavy atom. The summed E-state index contributed by atoms with van der Waals surface area (Å²) >= 11 is 7.65. The molecule has 0 amide bonds. The predicted octanol–water partition coefficient (Wildman–Crippen LogP) is 3.01. The molecule has 0 radical (unpaired) electrons. The fourth-order valence-electron chi connectivity index (χ4n) is 2.68. The zero-order chi connectivity index (χ0) is 15.7. The van der Waals surface area contributed by atoms with Crippen LogP contribution in [0.25, 0.3) is 0 Å². The molecule has 1 aliphatic rings. The van der Waals surface area contributed by atoms with Gasteiger partial charge in [-0.05, 0) is 30.4 Å². The van der Waals surface area contributed by atoms with Crippen LogP contribution in [0.3, 0.4) is 0 Å². The number of fused-ring (bicyclic) bond motifs is 1. The number of H-pyrrole nitrogens is 1. The molecule has 0 spiro atoms.